The third-order valence-electron chi connectivity index (χ3n) is 4.47. The molecule has 0 unspecified atom stereocenters. The summed E-state index contributed by atoms with van der Waals surface area (Å²) >= 11 is 6.06. The number of anilines is 1. The van der Waals surface area contributed by atoms with Gasteiger partial charge in [0.15, 0.2) is 0 Å². The van der Waals surface area contributed by atoms with Crippen LogP contribution in [0.25, 0.3) is 0 Å². The predicted octanol–water partition coefficient (Wildman–Crippen LogP) is 2.72. The lowest BCUT2D eigenvalue weighted by atomic mass is 10.2. The van der Waals surface area contributed by atoms with Gasteiger partial charge in [-0.05, 0) is 39.0 Å². The molecular formula is C17H26ClN3O. The first kappa shape index (κ1) is 17.1. The first-order valence-electron chi connectivity index (χ1n) is 8.10. The summed E-state index contributed by atoms with van der Waals surface area (Å²) in [6, 6.07) is 7.93. The maximum absolute atomic E-state index is 12.5. The van der Waals surface area contributed by atoms with E-state index >= 15 is 0 Å². The van der Waals surface area contributed by atoms with Crippen LogP contribution < -0.4 is 4.90 Å². The number of halogens is 1. The molecular weight excluding hydrogens is 298 g/mol. The molecule has 0 aromatic heterocycles. The van der Waals surface area contributed by atoms with Crippen molar-refractivity contribution in [2.24, 2.45) is 0 Å². The standard InChI is InChI=1S/C17H26ClN3O/c1-4-19(5-2)17(22)14(3)20-9-11-21(12-10-20)16-8-6-7-15(18)13-16/h6-8,13-14H,4-5,9-12H2,1-3H3/t14-/m0/s1. The summed E-state index contributed by atoms with van der Waals surface area (Å²) < 4.78 is 0. The second kappa shape index (κ2) is 7.84. The van der Waals surface area contributed by atoms with Crippen molar-refractivity contribution in [3.8, 4) is 0 Å². The minimum Gasteiger partial charge on any atom is -0.369 e. The number of nitrogens with zero attached hydrogens (tertiary/aromatic N) is 3. The van der Waals surface area contributed by atoms with Gasteiger partial charge in [0.1, 0.15) is 0 Å². The van der Waals surface area contributed by atoms with Crippen LogP contribution in [0.2, 0.25) is 5.02 Å². The largest absolute Gasteiger partial charge is 0.369 e. The SMILES string of the molecule is CCN(CC)C(=O)[C@H](C)N1CCN(c2cccc(Cl)c2)CC1. The molecule has 1 atom stereocenters. The van der Waals surface area contributed by atoms with Crippen LogP contribution in [0.15, 0.2) is 24.3 Å². The van der Waals surface area contributed by atoms with Gasteiger partial charge < -0.3 is 9.80 Å². The number of carbonyl (C=O) groups excluding carboxylic acids is 1. The topological polar surface area (TPSA) is 26.8 Å². The first-order valence-corrected chi connectivity index (χ1v) is 8.48. The molecule has 1 heterocycles. The zero-order valence-electron chi connectivity index (χ0n) is 13.8. The average Bonchev–Trinajstić information content (AvgIpc) is 2.55. The van der Waals surface area contributed by atoms with Gasteiger partial charge in [0.2, 0.25) is 5.91 Å². The fourth-order valence-electron chi connectivity index (χ4n) is 3.00. The molecule has 0 radical (unpaired) electrons. The fraction of sp³-hybridized carbons (Fsp3) is 0.588. The average molecular weight is 324 g/mol. The number of benzene rings is 1. The van der Waals surface area contributed by atoms with E-state index in [1.807, 2.05) is 43.9 Å². The molecule has 1 aromatic carbocycles. The van der Waals surface area contributed by atoms with Crippen LogP contribution in [0, 0.1) is 0 Å². The Kier molecular flexibility index (Phi) is 6.09. The maximum Gasteiger partial charge on any atom is 0.239 e. The highest BCUT2D eigenvalue weighted by atomic mass is 35.5. The van der Waals surface area contributed by atoms with E-state index in [0.717, 1.165) is 50.0 Å². The number of likely N-dealkylation sites (N-methyl/N-ethyl adjacent to an activating group) is 1. The summed E-state index contributed by atoms with van der Waals surface area (Å²) in [5.41, 5.74) is 1.16. The van der Waals surface area contributed by atoms with Gasteiger partial charge >= 0.3 is 0 Å². The molecule has 0 spiro atoms. The van der Waals surface area contributed by atoms with Crippen molar-refractivity contribution in [2.75, 3.05) is 44.2 Å². The minimum absolute atomic E-state index is 0.0404. The lowest BCUT2D eigenvalue weighted by Gasteiger charge is -2.39. The molecule has 1 fully saturated rings. The number of rotatable bonds is 5. The molecule has 0 saturated carbocycles. The summed E-state index contributed by atoms with van der Waals surface area (Å²) in [5, 5.41) is 0.769. The highest BCUT2D eigenvalue weighted by Gasteiger charge is 2.27. The molecule has 1 aliphatic rings. The van der Waals surface area contributed by atoms with Crippen LogP contribution in [0.5, 0.6) is 0 Å². The van der Waals surface area contributed by atoms with E-state index in [4.69, 9.17) is 11.6 Å². The molecule has 1 amide bonds. The van der Waals surface area contributed by atoms with Gasteiger partial charge in [0, 0.05) is 50.0 Å². The van der Waals surface area contributed by atoms with Gasteiger partial charge in [-0.1, -0.05) is 17.7 Å². The van der Waals surface area contributed by atoms with E-state index in [-0.39, 0.29) is 11.9 Å². The van der Waals surface area contributed by atoms with Crippen molar-refractivity contribution in [2.45, 2.75) is 26.8 Å². The Morgan fingerprint density at radius 1 is 1.23 bits per heavy atom. The monoisotopic (exact) mass is 323 g/mol. The number of amides is 1. The first-order chi connectivity index (χ1) is 10.6. The molecule has 1 aliphatic heterocycles. The molecule has 0 aliphatic carbocycles. The zero-order chi connectivity index (χ0) is 16.1. The molecule has 1 saturated heterocycles. The molecule has 122 valence electrons. The van der Waals surface area contributed by atoms with E-state index in [9.17, 15) is 4.79 Å². The van der Waals surface area contributed by atoms with Crippen LogP contribution in [-0.2, 0) is 4.79 Å². The molecule has 1 aromatic rings. The zero-order valence-corrected chi connectivity index (χ0v) is 14.5. The van der Waals surface area contributed by atoms with Crippen molar-refractivity contribution in [3.63, 3.8) is 0 Å². The van der Waals surface area contributed by atoms with Crippen molar-refractivity contribution >= 4 is 23.2 Å². The van der Waals surface area contributed by atoms with Crippen molar-refractivity contribution in [1.29, 1.82) is 0 Å². The fourth-order valence-corrected chi connectivity index (χ4v) is 3.18. The normalized spacial score (nSPS) is 17.4. The quantitative estimate of drug-likeness (QED) is 0.833. The van der Waals surface area contributed by atoms with Gasteiger partial charge in [0.05, 0.1) is 6.04 Å². The smallest absolute Gasteiger partial charge is 0.239 e. The number of carbonyl (C=O) groups is 1. The Balaban J connectivity index is 1.93. The highest BCUT2D eigenvalue weighted by molar-refractivity contribution is 6.30. The molecule has 22 heavy (non-hydrogen) atoms. The summed E-state index contributed by atoms with van der Waals surface area (Å²) in [5.74, 6) is 0.237. The van der Waals surface area contributed by atoms with Gasteiger partial charge in [-0.25, -0.2) is 0 Å². The Labute approximate surface area is 138 Å². The minimum atomic E-state index is -0.0404. The van der Waals surface area contributed by atoms with E-state index in [1.165, 1.54) is 0 Å². The van der Waals surface area contributed by atoms with Gasteiger partial charge in [-0.3, -0.25) is 9.69 Å². The number of hydrogen-bond acceptors (Lipinski definition) is 3. The number of piperazine rings is 1. The second-order valence-corrected chi connectivity index (χ2v) is 6.13. The van der Waals surface area contributed by atoms with Crippen LogP contribution in [-0.4, -0.2) is 61.0 Å². The lowest BCUT2D eigenvalue weighted by Crippen LogP contribution is -2.54. The van der Waals surface area contributed by atoms with Crippen molar-refractivity contribution in [3.05, 3.63) is 29.3 Å². The molecule has 0 bridgehead atoms. The Hall–Kier alpha value is -1.26. The molecule has 4 nitrogen and oxygen atoms in total. The Morgan fingerprint density at radius 2 is 1.86 bits per heavy atom. The summed E-state index contributed by atoms with van der Waals surface area (Å²) in [4.78, 5) is 19.0. The Bertz CT molecular complexity index is 496. The lowest BCUT2D eigenvalue weighted by molar-refractivity contribution is -0.136. The van der Waals surface area contributed by atoms with Crippen LogP contribution in [0.1, 0.15) is 20.8 Å². The van der Waals surface area contributed by atoms with Crippen LogP contribution in [0.4, 0.5) is 5.69 Å². The summed E-state index contributed by atoms with van der Waals surface area (Å²) in [6.07, 6.45) is 0. The predicted molar refractivity (Wildman–Crippen MR) is 92.6 cm³/mol. The molecule has 0 N–H and O–H groups in total. The number of hydrogen-bond donors (Lipinski definition) is 0. The molecule has 2 rings (SSSR count). The Morgan fingerprint density at radius 3 is 2.41 bits per heavy atom. The maximum atomic E-state index is 12.5. The molecule has 5 heteroatoms. The third kappa shape index (κ3) is 3.93. The highest BCUT2D eigenvalue weighted by Crippen LogP contribution is 2.21. The van der Waals surface area contributed by atoms with E-state index < -0.39 is 0 Å². The van der Waals surface area contributed by atoms with Crippen LogP contribution in [0.3, 0.4) is 0 Å². The van der Waals surface area contributed by atoms with E-state index in [0.29, 0.717) is 0 Å². The van der Waals surface area contributed by atoms with E-state index in [2.05, 4.69) is 15.9 Å². The van der Waals surface area contributed by atoms with Crippen molar-refractivity contribution in [1.82, 2.24) is 9.80 Å². The summed E-state index contributed by atoms with van der Waals surface area (Å²) in [7, 11) is 0. The van der Waals surface area contributed by atoms with Gasteiger partial charge in [-0.15, -0.1) is 0 Å². The van der Waals surface area contributed by atoms with Crippen molar-refractivity contribution < 1.29 is 4.79 Å². The third-order valence-corrected chi connectivity index (χ3v) is 4.70. The van der Waals surface area contributed by atoms with Gasteiger partial charge in [0.25, 0.3) is 0 Å². The summed E-state index contributed by atoms with van der Waals surface area (Å²) in [6.45, 7) is 11.3. The second-order valence-electron chi connectivity index (χ2n) is 5.69. The van der Waals surface area contributed by atoms with E-state index in [1.54, 1.807) is 0 Å². The van der Waals surface area contributed by atoms with Crippen LogP contribution >= 0.6 is 11.6 Å². The van der Waals surface area contributed by atoms with Gasteiger partial charge in [-0.2, -0.15) is 0 Å².